The minimum Gasteiger partial charge on any atom is -0.387 e. The smallest absolute Gasteiger partial charge is 0.0941 e. The molecule has 1 rings (SSSR count). The molecule has 0 saturated heterocycles. The number of amidine groups is 1. The molecule has 0 spiro atoms. The Bertz CT molecular complexity index is 302. The molecule has 2 nitrogen and oxygen atoms in total. The van der Waals surface area contributed by atoms with Gasteiger partial charge in [-0.2, -0.15) is 0 Å². The van der Waals surface area contributed by atoms with Crippen LogP contribution in [0.5, 0.6) is 0 Å². The largest absolute Gasteiger partial charge is 0.387 e. The maximum absolute atomic E-state index is 5.75. The molecule has 1 aromatic rings. The van der Waals surface area contributed by atoms with E-state index >= 15 is 0 Å². The highest BCUT2D eigenvalue weighted by Gasteiger charge is 2.00. The van der Waals surface area contributed by atoms with Crippen molar-refractivity contribution >= 4 is 17.2 Å². The molecule has 0 aliphatic carbocycles. The van der Waals surface area contributed by atoms with Crippen molar-refractivity contribution in [2.75, 3.05) is 0 Å². The Morgan fingerprint density at radius 1 is 1.50 bits per heavy atom. The van der Waals surface area contributed by atoms with Crippen molar-refractivity contribution in [2.45, 2.75) is 39.7 Å². The predicted octanol–water partition coefficient (Wildman–Crippen LogP) is 2.97. The fraction of sp³-hybridized carbons (Fsp3) is 0.545. The maximum Gasteiger partial charge on any atom is 0.0941 e. The maximum atomic E-state index is 5.75. The zero-order valence-electron chi connectivity index (χ0n) is 8.92. The molecular weight excluding hydrogens is 192 g/mol. The van der Waals surface area contributed by atoms with Crippen LogP contribution in [0.4, 0.5) is 0 Å². The van der Waals surface area contributed by atoms with Crippen molar-refractivity contribution in [2.24, 2.45) is 10.7 Å². The average Bonchev–Trinajstić information content (AvgIpc) is 2.62. The number of hydrogen-bond acceptors (Lipinski definition) is 2. The topological polar surface area (TPSA) is 38.4 Å². The number of rotatable bonds is 5. The van der Waals surface area contributed by atoms with Crippen molar-refractivity contribution < 1.29 is 0 Å². The standard InChI is InChI=1S/C11H18N2S/c1-3-5-11(12)13-8-10-9(4-2)6-7-14-10/h6-7H,3-5,8H2,1-2H3,(H2,12,13). The lowest BCUT2D eigenvalue weighted by Gasteiger charge is -1.99. The summed E-state index contributed by atoms with van der Waals surface area (Å²) in [5.41, 5.74) is 7.15. The molecule has 14 heavy (non-hydrogen) atoms. The van der Waals surface area contributed by atoms with E-state index in [4.69, 9.17) is 5.73 Å². The quantitative estimate of drug-likeness (QED) is 0.589. The number of nitrogens with two attached hydrogens (primary N) is 1. The summed E-state index contributed by atoms with van der Waals surface area (Å²) in [4.78, 5) is 5.72. The molecule has 0 radical (unpaired) electrons. The van der Waals surface area contributed by atoms with Gasteiger partial charge in [-0.1, -0.05) is 13.8 Å². The molecule has 0 saturated carbocycles. The van der Waals surface area contributed by atoms with Gasteiger partial charge in [0.2, 0.25) is 0 Å². The Kier molecular flexibility index (Phi) is 4.66. The molecule has 0 unspecified atom stereocenters. The van der Waals surface area contributed by atoms with Gasteiger partial charge in [-0.25, -0.2) is 0 Å². The highest BCUT2D eigenvalue weighted by molar-refractivity contribution is 7.10. The first-order valence-electron chi connectivity index (χ1n) is 5.12. The molecule has 78 valence electrons. The Balaban J connectivity index is 2.56. The number of thiophene rings is 1. The van der Waals surface area contributed by atoms with E-state index in [0.29, 0.717) is 0 Å². The summed E-state index contributed by atoms with van der Waals surface area (Å²) in [5, 5.41) is 2.12. The van der Waals surface area contributed by atoms with Gasteiger partial charge in [-0.3, -0.25) is 4.99 Å². The lowest BCUT2D eigenvalue weighted by molar-refractivity contribution is 0.953. The fourth-order valence-corrected chi connectivity index (χ4v) is 2.23. The van der Waals surface area contributed by atoms with Crippen LogP contribution in [0.1, 0.15) is 37.1 Å². The van der Waals surface area contributed by atoms with E-state index in [1.54, 1.807) is 11.3 Å². The summed E-state index contributed by atoms with van der Waals surface area (Å²) in [6.45, 7) is 5.04. The molecule has 3 heteroatoms. The van der Waals surface area contributed by atoms with Gasteiger partial charge in [0.25, 0.3) is 0 Å². The third kappa shape index (κ3) is 3.14. The van der Waals surface area contributed by atoms with Gasteiger partial charge >= 0.3 is 0 Å². The van der Waals surface area contributed by atoms with Crippen molar-refractivity contribution in [1.82, 2.24) is 0 Å². The second-order valence-corrected chi connectivity index (χ2v) is 4.28. The van der Waals surface area contributed by atoms with Crippen LogP contribution in [-0.4, -0.2) is 5.84 Å². The van der Waals surface area contributed by atoms with E-state index in [1.165, 1.54) is 10.4 Å². The summed E-state index contributed by atoms with van der Waals surface area (Å²) in [6, 6.07) is 2.17. The molecule has 0 aromatic carbocycles. The van der Waals surface area contributed by atoms with Crippen LogP contribution in [0.3, 0.4) is 0 Å². The molecule has 0 aliphatic rings. The Morgan fingerprint density at radius 3 is 2.93 bits per heavy atom. The molecule has 0 atom stereocenters. The minimum absolute atomic E-state index is 0.757. The Hall–Kier alpha value is -0.830. The van der Waals surface area contributed by atoms with Crippen LogP contribution in [0, 0.1) is 0 Å². The fourth-order valence-electron chi connectivity index (χ4n) is 1.33. The van der Waals surface area contributed by atoms with Crippen LogP contribution in [0.25, 0.3) is 0 Å². The van der Waals surface area contributed by atoms with Crippen LogP contribution < -0.4 is 5.73 Å². The van der Waals surface area contributed by atoms with Crippen molar-refractivity contribution in [3.63, 3.8) is 0 Å². The lowest BCUT2D eigenvalue weighted by atomic mass is 10.2. The van der Waals surface area contributed by atoms with Crippen molar-refractivity contribution in [3.05, 3.63) is 21.9 Å². The van der Waals surface area contributed by atoms with Crippen LogP contribution >= 0.6 is 11.3 Å². The molecule has 2 N–H and O–H groups in total. The van der Waals surface area contributed by atoms with Gasteiger partial charge in [0.15, 0.2) is 0 Å². The van der Waals surface area contributed by atoms with Crippen molar-refractivity contribution in [1.29, 1.82) is 0 Å². The molecule has 0 amide bonds. The lowest BCUT2D eigenvalue weighted by Crippen LogP contribution is -2.11. The van der Waals surface area contributed by atoms with E-state index in [-0.39, 0.29) is 0 Å². The summed E-state index contributed by atoms with van der Waals surface area (Å²) in [5.74, 6) is 0.781. The SMILES string of the molecule is CCCC(N)=NCc1sccc1CC. The van der Waals surface area contributed by atoms with Gasteiger partial charge in [0.1, 0.15) is 0 Å². The van der Waals surface area contributed by atoms with Gasteiger partial charge in [-0.05, 0) is 29.9 Å². The third-order valence-corrected chi connectivity index (χ3v) is 3.10. The first kappa shape index (κ1) is 11.2. The Labute approximate surface area is 89.9 Å². The summed E-state index contributed by atoms with van der Waals surface area (Å²) in [6.07, 6.45) is 3.06. The number of hydrogen-bond donors (Lipinski definition) is 1. The number of aliphatic imine (C=N–C) groups is 1. The minimum atomic E-state index is 0.757. The molecular formula is C11H18N2S. The average molecular weight is 210 g/mol. The highest BCUT2D eigenvalue weighted by Crippen LogP contribution is 2.18. The molecule has 1 heterocycles. The second-order valence-electron chi connectivity index (χ2n) is 3.28. The van der Waals surface area contributed by atoms with Gasteiger partial charge in [-0.15, -0.1) is 11.3 Å². The van der Waals surface area contributed by atoms with Gasteiger partial charge < -0.3 is 5.73 Å². The monoisotopic (exact) mass is 210 g/mol. The molecule has 0 bridgehead atoms. The van der Waals surface area contributed by atoms with Crippen LogP contribution in [-0.2, 0) is 13.0 Å². The number of aryl methyl sites for hydroxylation is 1. The van der Waals surface area contributed by atoms with Gasteiger partial charge in [0.05, 0.1) is 12.4 Å². The van der Waals surface area contributed by atoms with Gasteiger partial charge in [0, 0.05) is 11.3 Å². The van der Waals surface area contributed by atoms with E-state index in [2.05, 4.69) is 30.3 Å². The second kappa shape index (κ2) is 5.81. The summed E-state index contributed by atoms with van der Waals surface area (Å²) < 4.78 is 0. The molecule has 0 aliphatic heterocycles. The third-order valence-electron chi connectivity index (χ3n) is 2.15. The summed E-state index contributed by atoms with van der Waals surface area (Å²) >= 11 is 1.77. The van der Waals surface area contributed by atoms with Crippen LogP contribution in [0.15, 0.2) is 16.4 Å². The van der Waals surface area contributed by atoms with Crippen molar-refractivity contribution in [3.8, 4) is 0 Å². The normalized spacial score (nSPS) is 12.0. The molecule has 1 aromatic heterocycles. The zero-order valence-corrected chi connectivity index (χ0v) is 9.73. The van der Waals surface area contributed by atoms with E-state index < -0.39 is 0 Å². The molecule has 0 fully saturated rings. The van der Waals surface area contributed by atoms with E-state index in [0.717, 1.165) is 31.6 Å². The van der Waals surface area contributed by atoms with Crippen LogP contribution in [0.2, 0.25) is 0 Å². The first-order chi connectivity index (χ1) is 6.77. The predicted molar refractivity (Wildman–Crippen MR) is 63.9 cm³/mol. The zero-order chi connectivity index (χ0) is 10.4. The van der Waals surface area contributed by atoms with E-state index in [1.807, 2.05) is 0 Å². The Morgan fingerprint density at radius 2 is 2.29 bits per heavy atom. The number of nitrogens with zero attached hydrogens (tertiary/aromatic N) is 1. The van der Waals surface area contributed by atoms with E-state index in [9.17, 15) is 0 Å². The highest BCUT2D eigenvalue weighted by atomic mass is 32.1. The summed E-state index contributed by atoms with van der Waals surface area (Å²) in [7, 11) is 0. The first-order valence-corrected chi connectivity index (χ1v) is 5.99.